The van der Waals surface area contributed by atoms with Crippen LogP contribution < -0.4 is 9.64 Å². The first-order valence-corrected chi connectivity index (χ1v) is 17.0. The first-order valence-electron chi connectivity index (χ1n) is 17.0. The van der Waals surface area contributed by atoms with Gasteiger partial charge in [0.05, 0.1) is 29.6 Å². The summed E-state index contributed by atoms with van der Waals surface area (Å²) in [5, 5.41) is 1.01. The molecule has 3 aliphatic heterocycles. The maximum atomic E-state index is 16.8. The fourth-order valence-corrected chi connectivity index (χ4v) is 7.96. The number of hydrogen-bond acceptors (Lipinski definition) is 7. The van der Waals surface area contributed by atoms with E-state index in [2.05, 4.69) is 31.8 Å². The SMILES string of the molecule is C#Cc1c(F)ccc2c[c]cc(-c3ncc4c(N5CC6CCC(C5)N6C(=O)C(F)(F)F)nc(OCC5(CN6CCC(F)CC6)CC5)nc4c3F)c12. The van der Waals surface area contributed by atoms with Gasteiger partial charge in [-0.3, -0.25) is 9.78 Å². The van der Waals surface area contributed by atoms with Crippen molar-refractivity contribution in [3.63, 3.8) is 0 Å². The van der Waals surface area contributed by atoms with Gasteiger partial charge in [0.1, 0.15) is 29.0 Å². The summed E-state index contributed by atoms with van der Waals surface area (Å²) in [6.07, 6.45) is 4.74. The summed E-state index contributed by atoms with van der Waals surface area (Å²) in [5.74, 6) is -0.795. The van der Waals surface area contributed by atoms with Crippen molar-refractivity contribution in [1.29, 1.82) is 0 Å². The minimum absolute atomic E-state index is 0.0325. The molecule has 2 atom stereocenters. The number of alkyl halides is 4. The van der Waals surface area contributed by atoms with Crippen molar-refractivity contribution in [3.05, 3.63) is 53.7 Å². The fraction of sp³-hybridized carbons (Fsp3) is 0.459. The number of anilines is 1. The van der Waals surface area contributed by atoms with E-state index >= 15 is 4.39 Å². The van der Waals surface area contributed by atoms with Gasteiger partial charge in [-0.05, 0) is 68.2 Å². The number of fused-ring (bicyclic) bond motifs is 4. The smallest absolute Gasteiger partial charge is 0.463 e. The van der Waals surface area contributed by atoms with Crippen molar-refractivity contribution in [2.75, 3.05) is 44.2 Å². The molecule has 0 N–H and O–H groups in total. The standard InChI is InChI=1S/C37H33F6N6O2/c1-2-25-28(39)9-6-21-4-3-5-26(29(21)25)31-30(40)32-27(16-44-31)33(48-17-23-7-8-24(18-48)49(23)34(50)37(41,42)43)46-35(45-32)51-20-36(12-13-36)19-47-14-10-22(38)11-15-47/h1,4-6,9,16,22-24H,7-8,10-15,17-20H2. The van der Waals surface area contributed by atoms with Crippen molar-refractivity contribution in [3.8, 4) is 29.6 Å². The Labute approximate surface area is 289 Å². The summed E-state index contributed by atoms with van der Waals surface area (Å²) in [5.41, 5.74) is -0.351. The second-order valence-electron chi connectivity index (χ2n) is 14.2. The van der Waals surface area contributed by atoms with Crippen LogP contribution in [-0.2, 0) is 4.79 Å². The topological polar surface area (TPSA) is 74.7 Å². The fourth-order valence-electron chi connectivity index (χ4n) is 7.96. The maximum absolute atomic E-state index is 16.8. The lowest BCUT2D eigenvalue weighted by Crippen LogP contribution is -2.59. The normalized spacial score (nSPS) is 22.1. The van der Waals surface area contributed by atoms with E-state index in [-0.39, 0.29) is 70.0 Å². The lowest BCUT2D eigenvalue weighted by molar-refractivity contribution is -0.188. The average Bonchev–Trinajstić information content (AvgIpc) is 3.83. The summed E-state index contributed by atoms with van der Waals surface area (Å²) >= 11 is 0. The van der Waals surface area contributed by atoms with Crippen LogP contribution in [0.25, 0.3) is 32.9 Å². The summed E-state index contributed by atoms with van der Waals surface area (Å²) in [7, 11) is 0. The Morgan fingerprint density at radius 2 is 1.78 bits per heavy atom. The Balaban J connectivity index is 1.18. The summed E-state index contributed by atoms with van der Waals surface area (Å²) in [4.78, 5) is 30.8. The Morgan fingerprint density at radius 1 is 1.06 bits per heavy atom. The van der Waals surface area contributed by atoms with Crippen molar-refractivity contribution in [2.45, 2.75) is 63.0 Å². The molecular weight excluding hydrogens is 674 g/mol. The molecule has 2 bridgehead atoms. The highest BCUT2D eigenvalue weighted by atomic mass is 19.4. The number of carbonyl (C=O) groups excluding carboxylic acids is 1. The van der Waals surface area contributed by atoms with Crippen LogP contribution in [-0.4, -0.2) is 94.4 Å². The maximum Gasteiger partial charge on any atom is 0.471 e. The first-order chi connectivity index (χ1) is 24.4. The number of rotatable bonds is 7. The molecule has 4 aliphatic rings. The first kappa shape index (κ1) is 33.5. The highest BCUT2D eigenvalue weighted by molar-refractivity contribution is 6.02. The van der Waals surface area contributed by atoms with Crippen LogP contribution in [0.1, 0.15) is 44.1 Å². The van der Waals surface area contributed by atoms with Crippen LogP contribution in [0.5, 0.6) is 6.01 Å². The van der Waals surface area contributed by atoms with Gasteiger partial charge < -0.3 is 19.4 Å². The van der Waals surface area contributed by atoms with E-state index in [4.69, 9.17) is 11.2 Å². The third kappa shape index (κ3) is 6.09. The number of halogens is 6. The number of carbonyl (C=O) groups is 1. The molecule has 1 saturated carbocycles. The molecule has 1 aliphatic carbocycles. The number of pyridine rings is 1. The van der Waals surface area contributed by atoms with Gasteiger partial charge in [0.2, 0.25) is 0 Å². The van der Waals surface area contributed by atoms with Crippen LogP contribution in [0, 0.1) is 35.5 Å². The summed E-state index contributed by atoms with van der Waals surface area (Å²) in [6, 6.07) is 7.19. The van der Waals surface area contributed by atoms with Gasteiger partial charge >= 0.3 is 18.1 Å². The van der Waals surface area contributed by atoms with Crippen molar-refractivity contribution in [2.24, 2.45) is 5.41 Å². The molecule has 265 valence electrons. The average molecular weight is 708 g/mol. The van der Waals surface area contributed by atoms with Crippen molar-refractivity contribution >= 4 is 33.4 Å². The molecule has 2 aromatic carbocycles. The number of aromatic nitrogens is 3. The number of hydrogen-bond donors (Lipinski definition) is 0. The number of ether oxygens (including phenoxy) is 1. The lowest BCUT2D eigenvalue weighted by atomic mass is 9.96. The van der Waals surface area contributed by atoms with Crippen LogP contribution in [0.4, 0.5) is 32.2 Å². The zero-order chi connectivity index (χ0) is 35.7. The number of terminal acetylenes is 1. The largest absolute Gasteiger partial charge is 0.471 e. The van der Waals surface area contributed by atoms with Gasteiger partial charge in [0.25, 0.3) is 0 Å². The molecule has 51 heavy (non-hydrogen) atoms. The predicted molar refractivity (Wildman–Crippen MR) is 177 cm³/mol. The molecule has 2 unspecified atom stereocenters. The number of nitrogens with zero attached hydrogens (tertiary/aromatic N) is 6. The van der Waals surface area contributed by atoms with E-state index < -0.39 is 42.0 Å². The number of amides is 1. The molecule has 4 aromatic rings. The monoisotopic (exact) mass is 707 g/mol. The molecule has 3 saturated heterocycles. The van der Waals surface area contributed by atoms with Gasteiger partial charge in [-0.15, -0.1) is 6.42 Å². The molecule has 1 radical (unpaired) electrons. The lowest BCUT2D eigenvalue weighted by Gasteiger charge is -2.42. The van der Waals surface area contributed by atoms with Gasteiger partial charge in [-0.25, -0.2) is 13.2 Å². The van der Waals surface area contributed by atoms with E-state index in [1.165, 1.54) is 24.4 Å². The minimum Gasteiger partial charge on any atom is -0.463 e. The third-order valence-corrected chi connectivity index (χ3v) is 10.8. The molecule has 4 fully saturated rings. The number of benzene rings is 2. The molecule has 0 spiro atoms. The number of piperazine rings is 1. The van der Waals surface area contributed by atoms with Gasteiger partial charge in [-0.1, -0.05) is 12.0 Å². The Morgan fingerprint density at radius 3 is 2.45 bits per heavy atom. The molecule has 14 heteroatoms. The van der Waals surface area contributed by atoms with Crippen LogP contribution >= 0.6 is 0 Å². The van der Waals surface area contributed by atoms with Gasteiger partial charge in [0, 0.05) is 55.3 Å². The minimum atomic E-state index is -5.00. The predicted octanol–water partition coefficient (Wildman–Crippen LogP) is 6.24. The van der Waals surface area contributed by atoms with E-state index in [0.29, 0.717) is 50.7 Å². The number of piperidine rings is 1. The molecule has 1 amide bonds. The second kappa shape index (κ2) is 12.5. The van der Waals surface area contributed by atoms with Gasteiger partial charge in [0.15, 0.2) is 5.82 Å². The van der Waals surface area contributed by atoms with Crippen molar-refractivity contribution < 1.29 is 35.9 Å². The molecule has 8 nitrogen and oxygen atoms in total. The highest BCUT2D eigenvalue weighted by Gasteiger charge is 2.52. The molecular formula is C37H33F6N6O2. The van der Waals surface area contributed by atoms with Gasteiger partial charge in [-0.2, -0.15) is 23.1 Å². The Hall–Kier alpha value is -4.64. The second-order valence-corrected chi connectivity index (χ2v) is 14.2. The van der Waals surface area contributed by atoms with E-state index in [9.17, 15) is 26.7 Å². The van der Waals surface area contributed by atoms with Crippen LogP contribution in [0.15, 0.2) is 30.5 Å². The summed E-state index contributed by atoms with van der Waals surface area (Å²) in [6.45, 7) is 2.32. The van der Waals surface area contributed by atoms with E-state index in [0.717, 1.165) is 17.7 Å². The molecule has 5 heterocycles. The quantitative estimate of drug-likeness (QED) is 0.166. The Bertz CT molecular complexity index is 2060. The molecule has 2 aromatic heterocycles. The Kier molecular flexibility index (Phi) is 8.24. The van der Waals surface area contributed by atoms with Crippen LogP contribution in [0.3, 0.4) is 0 Å². The summed E-state index contributed by atoms with van der Waals surface area (Å²) < 4.78 is 92.1. The highest BCUT2D eigenvalue weighted by Crippen LogP contribution is 2.47. The van der Waals surface area contributed by atoms with Crippen LogP contribution in [0.2, 0.25) is 0 Å². The van der Waals surface area contributed by atoms with E-state index in [1.807, 2.05) is 0 Å². The number of likely N-dealkylation sites (tertiary alicyclic amines) is 1. The van der Waals surface area contributed by atoms with E-state index in [1.54, 1.807) is 11.0 Å². The zero-order valence-electron chi connectivity index (χ0n) is 27.4. The molecule has 8 rings (SSSR count). The van der Waals surface area contributed by atoms with Crippen molar-refractivity contribution in [1.82, 2.24) is 24.8 Å². The zero-order valence-corrected chi connectivity index (χ0v) is 27.4. The third-order valence-electron chi connectivity index (χ3n) is 10.8.